The van der Waals surface area contributed by atoms with Crippen molar-refractivity contribution in [1.82, 2.24) is 0 Å². The smallest absolute Gasteiger partial charge is 0.306 e. The number of rotatable bonds is 14. The molecule has 0 aliphatic heterocycles. The van der Waals surface area contributed by atoms with Gasteiger partial charge in [0.2, 0.25) is 0 Å². The number of aliphatic hydroxyl groups is 1. The lowest BCUT2D eigenvalue weighted by molar-refractivity contribution is -0.142. The molecule has 0 atom stereocenters. The first-order valence-electron chi connectivity index (χ1n) is 11.4. The molecule has 7 heteroatoms. The summed E-state index contributed by atoms with van der Waals surface area (Å²) in [6.07, 6.45) is 7.95. The average Bonchev–Trinajstić information content (AvgIpc) is 2.82. The number of carbonyl (C=O) groups is 1. The van der Waals surface area contributed by atoms with E-state index in [1.54, 1.807) is 31.2 Å². The van der Waals surface area contributed by atoms with Crippen LogP contribution in [0.2, 0.25) is 0 Å². The number of carbonyl (C=O) groups excluding carboxylic acids is 1. The van der Waals surface area contributed by atoms with E-state index in [1.807, 2.05) is 12.2 Å². The van der Waals surface area contributed by atoms with Crippen LogP contribution in [-0.2, 0) is 19.4 Å². The number of anilines is 1. The van der Waals surface area contributed by atoms with Crippen LogP contribution in [0.1, 0.15) is 50.2 Å². The monoisotopic (exact) mass is 473 g/mol. The van der Waals surface area contributed by atoms with E-state index in [1.165, 1.54) is 0 Å². The molecule has 0 spiro atoms. The first-order chi connectivity index (χ1) is 15.9. The number of hydrogen-bond donors (Lipinski definition) is 1. The molecular weight excluding hydrogens is 438 g/mol. The normalized spacial score (nSPS) is 11.6. The highest BCUT2D eigenvalue weighted by Crippen LogP contribution is 2.18. The van der Waals surface area contributed by atoms with Crippen molar-refractivity contribution in [3.8, 4) is 0 Å². The average molecular weight is 474 g/mol. The first-order valence-corrected chi connectivity index (χ1v) is 13.1. The van der Waals surface area contributed by atoms with Crippen molar-refractivity contribution >= 4 is 33.6 Å². The highest BCUT2D eigenvalue weighted by molar-refractivity contribution is 7.91. The van der Waals surface area contributed by atoms with E-state index in [9.17, 15) is 13.2 Å². The van der Waals surface area contributed by atoms with Gasteiger partial charge in [0.1, 0.15) is 0 Å². The number of ether oxygens (including phenoxy) is 1. The van der Waals surface area contributed by atoms with Gasteiger partial charge in [0, 0.05) is 25.9 Å². The number of hydrogen-bond acceptors (Lipinski definition) is 6. The molecule has 2 aromatic rings. The van der Waals surface area contributed by atoms with E-state index in [0.717, 1.165) is 49.0 Å². The first kappa shape index (κ1) is 26.6. The van der Waals surface area contributed by atoms with Crippen LogP contribution in [0, 0.1) is 0 Å². The standard InChI is InChI=1S/C26H35NO5S/c1-3-32-26(29)18-21-33(30,31)25-16-12-23(13-17-25)9-8-22-10-14-24(15-11-22)27(2)19-6-4-5-7-20-28/h8-17,28H,3-7,18-21H2,1-2H3/b9-8+. The minimum absolute atomic E-state index is 0.146. The quantitative estimate of drug-likeness (QED) is 0.246. The highest BCUT2D eigenvalue weighted by atomic mass is 32.2. The summed E-state index contributed by atoms with van der Waals surface area (Å²) >= 11 is 0. The number of benzene rings is 2. The Morgan fingerprint density at radius 3 is 2.09 bits per heavy atom. The molecule has 0 aliphatic rings. The fourth-order valence-electron chi connectivity index (χ4n) is 3.33. The maximum Gasteiger partial charge on any atom is 0.306 e. The fraction of sp³-hybridized carbons (Fsp3) is 0.423. The van der Waals surface area contributed by atoms with Crippen LogP contribution in [-0.4, -0.2) is 52.1 Å². The molecule has 0 unspecified atom stereocenters. The minimum atomic E-state index is -3.52. The van der Waals surface area contributed by atoms with E-state index < -0.39 is 15.8 Å². The van der Waals surface area contributed by atoms with Crippen LogP contribution in [0.25, 0.3) is 12.2 Å². The van der Waals surface area contributed by atoms with Crippen LogP contribution in [0.4, 0.5) is 5.69 Å². The second-order valence-electron chi connectivity index (χ2n) is 7.93. The maximum atomic E-state index is 12.4. The molecule has 1 N–H and O–H groups in total. The molecule has 0 aromatic heterocycles. The molecule has 0 saturated carbocycles. The third-order valence-electron chi connectivity index (χ3n) is 5.32. The summed E-state index contributed by atoms with van der Waals surface area (Å²) < 4.78 is 29.6. The molecular formula is C26H35NO5S. The van der Waals surface area contributed by atoms with E-state index in [-0.39, 0.29) is 30.3 Å². The van der Waals surface area contributed by atoms with Crippen molar-refractivity contribution in [3.05, 3.63) is 59.7 Å². The molecule has 33 heavy (non-hydrogen) atoms. The summed E-state index contributed by atoms with van der Waals surface area (Å²) in [5.74, 6) is -0.763. The van der Waals surface area contributed by atoms with Crippen molar-refractivity contribution in [2.45, 2.75) is 43.9 Å². The molecule has 0 radical (unpaired) electrons. The highest BCUT2D eigenvalue weighted by Gasteiger charge is 2.16. The number of nitrogens with zero attached hydrogens (tertiary/aromatic N) is 1. The Bertz CT molecular complexity index is 982. The van der Waals surface area contributed by atoms with Crippen molar-refractivity contribution in [3.63, 3.8) is 0 Å². The van der Waals surface area contributed by atoms with Gasteiger partial charge in [0.05, 0.1) is 23.7 Å². The van der Waals surface area contributed by atoms with Gasteiger partial charge in [-0.1, -0.05) is 49.3 Å². The maximum absolute atomic E-state index is 12.4. The minimum Gasteiger partial charge on any atom is -0.466 e. The van der Waals surface area contributed by atoms with Gasteiger partial charge in [-0.25, -0.2) is 8.42 Å². The third-order valence-corrected chi connectivity index (χ3v) is 7.06. The molecule has 180 valence electrons. The van der Waals surface area contributed by atoms with Crippen LogP contribution >= 0.6 is 0 Å². The van der Waals surface area contributed by atoms with Gasteiger partial charge < -0.3 is 14.7 Å². The number of sulfone groups is 1. The zero-order chi connectivity index (χ0) is 24.1. The summed E-state index contributed by atoms with van der Waals surface area (Å²) in [6, 6.07) is 14.9. The van der Waals surface area contributed by atoms with Crippen molar-refractivity contribution in [2.24, 2.45) is 0 Å². The molecule has 0 amide bonds. The lowest BCUT2D eigenvalue weighted by atomic mass is 10.1. The Morgan fingerprint density at radius 1 is 0.939 bits per heavy atom. The molecule has 0 fully saturated rings. The Kier molecular flexibility index (Phi) is 11.1. The zero-order valence-electron chi connectivity index (χ0n) is 19.6. The summed E-state index contributed by atoms with van der Waals surface area (Å²) in [4.78, 5) is 13.9. The van der Waals surface area contributed by atoms with Gasteiger partial charge >= 0.3 is 5.97 Å². The lowest BCUT2D eigenvalue weighted by Crippen LogP contribution is -2.18. The predicted molar refractivity (Wildman–Crippen MR) is 134 cm³/mol. The van der Waals surface area contributed by atoms with Gasteiger partial charge in [0.15, 0.2) is 9.84 Å². The topological polar surface area (TPSA) is 83.9 Å². The van der Waals surface area contributed by atoms with E-state index >= 15 is 0 Å². The van der Waals surface area contributed by atoms with Crippen molar-refractivity contribution in [2.75, 3.05) is 37.5 Å². The van der Waals surface area contributed by atoms with Gasteiger partial charge in [-0.2, -0.15) is 0 Å². The third kappa shape index (κ3) is 9.40. The summed E-state index contributed by atoms with van der Waals surface area (Å²) in [6.45, 7) is 3.18. The van der Waals surface area contributed by atoms with Gasteiger partial charge in [0.25, 0.3) is 0 Å². The summed E-state index contributed by atoms with van der Waals surface area (Å²) in [7, 11) is -1.44. The Hall–Kier alpha value is -2.64. The Labute approximate surface area is 197 Å². The summed E-state index contributed by atoms with van der Waals surface area (Å²) in [5, 5.41) is 8.84. The molecule has 2 rings (SSSR count). The van der Waals surface area contributed by atoms with E-state index in [2.05, 4.69) is 36.2 Å². The van der Waals surface area contributed by atoms with Gasteiger partial charge in [-0.05, 0) is 55.2 Å². The Morgan fingerprint density at radius 2 is 1.52 bits per heavy atom. The second kappa shape index (κ2) is 13.8. The SMILES string of the molecule is CCOC(=O)CCS(=O)(=O)c1ccc(/C=C/c2ccc(N(C)CCCCCCO)cc2)cc1. The van der Waals surface area contributed by atoms with Gasteiger partial charge in [-0.3, -0.25) is 4.79 Å². The van der Waals surface area contributed by atoms with Crippen molar-refractivity contribution < 1.29 is 23.1 Å². The molecule has 6 nitrogen and oxygen atoms in total. The Balaban J connectivity index is 1.89. The van der Waals surface area contributed by atoms with Crippen LogP contribution in [0.3, 0.4) is 0 Å². The largest absolute Gasteiger partial charge is 0.466 e. The molecule has 0 heterocycles. The van der Waals surface area contributed by atoms with Crippen molar-refractivity contribution in [1.29, 1.82) is 0 Å². The van der Waals surface area contributed by atoms with E-state index in [0.29, 0.717) is 0 Å². The van der Waals surface area contributed by atoms with Crippen LogP contribution in [0.15, 0.2) is 53.4 Å². The number of esters is 1. The fourth-order valence-corrected chi connectivity index (χ4v) is 4.55. The van der Waals surface area contributed by atoms with Crippen LogP contribution < -0.4 is 4.90 Å². The zero-order valence-corrected chi connectivity index (χ0v) is 20.4. The summed E-state index contributed by atoms with van der Waals surface area (Å²) in [5.41, 5.74) is 3.11. The molecule has 2 aromatic carbocycles. The molecule has 0 bridgehead atoms. The van der Waals surface area contributed by atoms with E-state index in [4.69, 9.17) is 9.84 Å². The second-order valence-corrected chi connectivity index (χ2v) is 10.0. The molecule has 0 aliphatic carbocycles. The number of aliphatic hydroxyl groups excluding tert-OH is 1. The van der Waals surface area contributed by atoms with Crippen LogP contribution in [0.5, 0.6) is 0 Å². The van der Waals surface area contributed by atoms with Gasteiger partial charge in [-0.15, -0.1) is 0 Å². The lowest BCUT2D eigenvalue weighted by Gasteiger charge is -2.19. The number of unbranched alkanes of at least 4 members (excludes halogenated alkanes) is 3. The molecule has 0 saturated heterocycles. The predicted octanol–water partition coefficient (Wildman–Crippen LogP) is 4.57.